The summed E-state index contributed by atoms with van der Waals surface area (Å²) in [4.78, 5) is 4.93. The maximum absolute atomic E-state index is 12.9. The fourth-order valence-corrected chi connectivity index (χ4v) is 3.78. The van der Waals surface area contributed by atoms with Gasteiger partial charge >= 0.3 is 6.18 Å². The Morgan fingerprint density at radius 1 is 1.27 bits per heavy atom. The molecule has 4 rings (SSSR count). The van der Waals surface area contributed by atoms with E-state index in [-0.39, 0.29) is 0 Å². The SMILES string of the molecule is FC(F)(F)c1cccc(-c2cnc3sc(NCC4CCOCC4)nn23)c1. The summed E-state index contributed by atoms with van der Waals surface area (Å²) in [6.45, 7) is 2.37. The zero-order valence-electron chi connectivity index (χ0n) is 13.8. The number of anilines is 1. The molecule has 1 aromatic carbocycles. The first kappa shape index (κ1) is 17.3. The van der Waals surface area contributed by atoms with Crippen LogP contribution in [0.3, 0.4) is 0 Å². The van der Waals surface area contributed by atoms with Crippen molar-refractivity contribution in [2.24, 2.45) is 5.92 Å². The van der Waals surface area contributed by atoms with Gasteiger partial charge in [-0.2, -0.15) is 13.2 Å². The normalized spacial score (nSPS) is 16.3. The van der Waals surface area contributed by atoms with E-state index in [2.05, 4.69) is 15.4 Å². The topological polar surface area (TPSA) is 51.5 Å². The molecule has 0 radical (unpaired) electrons. The Kier molecular flexibility index (Phi) is 4.58. The number of hydrogen-bond acceptors (Lipinski definition) is 5. The zero-order chi connectivity index (χ0) is 18.1. The lowest BCUT2D eigenvalue weighted by molar-refractivity contribution is -0.137. The number of benzene rings is 1. The highest BCUT2D eigenvalue weighted by Crippen LogP contribution is 2.33. The lowest BCUT2D eigenvalue weighted by Gasteiger charge is -2.21. The van der Waals surface area contributed by atoms with Crippen molar-refractivity contribution in [3.8, 4) is 11.3 Å². The van der Waals surface area contributed by atoms with Crippen molar-refractivity contribution in [1.82, 2.24) is 14.6 Å². The maximum Gasteiger partial charge on any atom is 0.416 e. The average molecular weight is 382 g/mol. The molecule has 1 N–H and O–H groups in total. The van der Waals surface area contributed by atoms with E-state index in [1.807, 2.05) is 0 Å². The standard InChI is InChI=1S/C17H17F3N4OS/c18-17(19,20)13-3-1-2-12(8-13)14-10-22-16-24(14)23-15(26-16)21-9-11-4-6-25-7-5-11/h1-3,8,10-11H,4-7,9H2,(H,21,23). The molecule has 2 aromatic heterocycles. The Bertz CT molecular complexity index is 899. The second kappa shape index (κ2) is 6.88. The van der Waals surface area contributed by atoms with Crippen LogP contribution in [-0.4, -0.2) is 34.4 Å². The first-order chi connectivity index (χ1) is 12.5. The monoisotopic (exact) mass is 382 g/mol. The van der Waals surface area contributed by atoms with Gasteiger partial charge in [0.1, 0.15) is 0 Å². The first-order valence-electron chi connectivity index (χ1n) is 8.34. The van der Waals surface area contributed by atoms with Gasteiger partial charge < -0.3 is 10.1 Å². The molecule has 1 aliphatic rings. The molecule has 3 heterocycles. The van der Waals surface area contributed by atoms with E-state index in [4.69, 9.17) is 4.74 Å². The number of halogens is 3. The molecule has 3 aromatic rings. The van der Waals surface area contributed by atoms with Gasteiger partial charge in [-0.15, -0.1) is 5.10 Å². The molecule has 0 aliphatic carbocycles. The molecule has 0 saturated carbocycles. The number of imidazole rings is 1. The Balaban J connectivity index is 1.56. The van der Waals surface area contributed by atoms with Gasteiger partial charge in [-0.05, 0) is 30.9 Å². The molecule has 0 unspecified atom stereocenters. The van der Waals surface area contributed by atoms with Gasteiger partial charge in [-0.3, -0.25) is 0 Å². The molecule has 1 aliphatic heterocycles. The van der Waals surface area contributed by atoms with Gasteiger partial charge in [-0.25, -0.2) is 9.50 Å². The Hall–Kier alpha value is -2.13. The number of nitrogens with one attached hydrogen (secondary N) is 1. The van der Waals surface area contributed by atoms with Crippen molar-refractivity contribution in [3.05, 3.63) is 36.0 Å². The molecular weight excluding hydrogens is 365 g/mol. The lowest BCUT2D eigenvalue weighted by atomic mass is 10.0. The van der Waals surface area contributed by atoms with E-state index in [1.54, 1.807) is 16.8 Å². The summed E-state index contributed by atoms with van der Waals surface area (Å²) in [5.41, 5.74) is 0.299. The summed E-state index contributed by atoms with van der Waals surface area (Å²) in [5, 5.41) is 8.51. The second-order valence-corrected chi connectivity index (χ2v) is 7.22. The molecule has 26 heavy (non-hydrogen) atoms. The van der Waals surface area contributed by atoms with Crippen molar-refractivity contribution < 1.29 is 17.9 Å². The predicted molar refractivity (Wildman–Crippen MR) is 93.3 cm³/mol. The van der Waals surface area contributed by atoms with Crippen LogP contribution < -0.4 is 5.32 Å². The third-order valence-electron chi connectivity index (χ3n) is 4.45. The lowest BCUT2D eigenvalue weighted by Crippen LogP contribution is -2.22. The van der Waals surface area contributed by atoms with Crippen LogP contribution in [0, 0.1) is 5.92 Å². The summed E-state index contributed by atoms with van der Waals surface area (Å²) in [6, 6.07) is 5.21. The minimum Gasteiger partial charge on any atom is -0.381 e. The average Bonchev–Trinajstić information content (AvgIpc) is 3.20. The third kappa shape index (κ3) is 3.54. The summed E-state index contributed by atoms with van der Waals surface area (Å²) >= 11 is 1.39. The Morgan fingerprint density at radius 3 is 2.85 bits per heavy atom. The number of fused-ring (bicyclic) bond motifs is 1. The number of hydrogen-bond donors (Lipinski definition) is 1. The van der Waals surface area contributed by atoms with Crippen molar-refractivity contribution >= 4 is 21.4 Å². The highest BCUT2D eigenvalue weighted by molar-refractivity contribution is 7.20. The predicted octanol–water partition coefficient (Wildman–Crippen LogP) is 4.32. The van der Waals surface area contributed by atoms with Crippen LogP contribution in [0.2, 0.25) is 0 Å². The van der Waals surface area contributed by atoms with Crippen LogP contribution in [0.4, 0.5) is 18.3 Å². The Labute approximate surface area is 151 Å². The summed E-state index contributed by atoms with van der Waals surface area (Å²) in [7, 11) is 0. The highest BCUT2D eigenvalue weighted by atomic mass is 32.1. The van der Waals surface area contributed by atoms with Crippen LogP contribution in [0.15, 0.2) is 30.5 Å². The molecule has 5 nitrogen and oxygen atoms in total. The zero-order valence-corrected chi connectivity index (χ0v) is 14.6. The number of ether oxygens (including phenoxy) is 1. The summed E-state index contributed by atoms with van der Waals surface area (Å²) < 4.78 is 45.8. The molecular formula is C17H17F3N4OS. The van der Waals surface area contributed by atoms with E-state index in [0.717, 1.165) is 44.7 Å². The van der Waals surface area contributed by atoms with Crippen molar-refractivity contribution in [2.75, 3.05) is 25.1 Å². The quantitative estimate of drug-likeness (QED) is 0.730. The van der Waals surface area contributed by atoms with Crippen LogP contribution in [0.1, 0.15) is 18.4 Å². The molecule has 138 valence electrons. The van der Waals surface area contributed by atoms with Gasteiger partial charge in [0.15, 0.2) is 0 Å². The smallest absolute Gasteiger partial charge is 0.381 e. The summed E-state index contributed by atoms with van der Waals surface area (Å²) in [6.07, 6.45) is -0.787. The number of alkyl halides is 3. The van der Waals surface area contributed by atoms with Gasteiger partial charge in [-0.1, -0.05) is 23.5 Å². The van der Waals surface area contributed by atoms with Gasteiger partial charge in [0.2, 0.25) is 10.1 Å². The fraction of sp³-hybridized carbons (Fsp3) is 0.412. The second-order valence-electron chi connectivity index (χ2n) is 6.26. The van der Waals surface area contributed by atoms with E-state index in [0.29, 0.717) is 27.3 Å². The van der Waals surface area contributed by atoms with E-state index >= 15 is 0 Å². The molecule has 0 atom stereocenters. The van der Waals surface area contributed by atoms with Crippen LogP contribution in [0.25, 0.3) is 16.2 Å². The summed E-state index contributed by atoms with van der Waals surface area (Å²) in [5.74, 6) is 0.544. The van der Waals surface area contributed by atoms with E-state index in [1.165, 1.54) is 17.4 Å². The molecule has 1 saturated heterocycles. The largest absolute Gasteiger partial charge is 0.416 e. The van der Waals surface area contributed by atoms with Crippen LogP contribution in [-0.2, 0) is 10.9 Å². The van der Waals surface area contributed by atoms with Gasteiger partial charge in [0.25, 0.3) is 0 Å². The van der Waals surface area contributed by atoms with Crippen molar-refractivity contribution in [2.45, 2.75) is 19.0 Å². The fourth-order valence-electron chi connectivity index (χ4n) is 3.00. The van der Waals surface area contributed by atoms with E-state index < -0.39 is 11.7 Å². The van der Waals surface area contributed by atoms with Crippen molar-refractivity contribution in [1.29, 1.82) is 0 Å². The van der Waals surface area contributed by atoms with E-state index in [9.17, 15) is 13.2 Å². The molecule has 0 bridgehead atoms. The minimum absolute atomic E-state index is 0.439. The number of rotatable bonds is 4. The molecule has 1 fully saturated rings. The highest BCUT2D eigenvalue weighted by Gasteiger charge is 2.30. The number of nitrogens with zero attached hydrogens (tertiary/aromatic N) is 3. The minimum atomic E-state index is -4.38. The van der Waals surface area contributed by atoms with Crippen LogP contribution >= 0.6 is 11.3 Å². The Morgan fingerprint density at radius 2 is 2.08 bits per heavy atom. The van der Waals surface area contributed by atoms with Crippen molar-refractivity contribution in [3.63, 3.8) is 0 Å². The third-order valence-corrected chi connectivity index (χ3v) is 5.33. The molecule has 9 heteroatoms. The van der Waals surface area contributed by atoms with Gasteiger partial charge in [0.05, 0.1) is 17.5 Å². The van der Waals surface area contributed by atoms with Crippen LogP contribution in [0.5, 0.6) is 0 Å². The number of aromatic nitrogens is 3. The van der Waals surface area contributed by atoms with Gasteiger partial charge in [0, 0.05) is 25.3 Å². The molecule has 0 spiro atoms. The molecule has 0 amide bonds. The first-order valence-corrected chi connectivity index (χ1v) is 9.16. The maximum atomic E-state index is 12.9.